The normalized spacial score (nSPS) is 10.6. The number of thiazole rings is 1. The van der Waals surface area contributed by atoms with Gasteiger partial charge in [0.25, 0.3) is 0 Å². The molecule has 0 saturated carbocycles. The van der Waals surface area contributed by atoms with Crippen LogP contribution in [0.5, 0.6) is 0 Å². The van der Waals surface area contributed by atoms with Gasteiger partial charge in [0.15, 0.2) is 10.8 Å². The van der Waals surface area contributed by atoms with E-state index in [1.807, 2.05) is 6.07 Å². The van der Waals surface area contributed by atoms with Crippen LogP contribution in [0, 0.1) is 0 Å². The predicted molar refractivity (Wildman–Crippen MR) is 65.2 cm³/mol. The van der Waals surface area contributed by atoms with E-state index in [4.69, 9.17) is 9.52 Å². The van der Waals surface area contributed by atoms with Crippen molar-refractivity contribution in [3.63, 3.8) is 0 Å². The first-order valence-electron chi connectivity index (χ1n) is 5.45. The Bertz CT molecular complexity index is 502. The summed E-state index contributed by atoms with van der Waals surface area (Å²) in [7, 11) is 0. The van der Waals surface area contributed by atoms with E-state index in [2.05, 4.69) is 11.9 Å². The van der Waals surface area contributed by atoms with E-state index < -0.39 is 5.97 Å². The van der Waals surface area contributed by atoms with Gasteiger partial charge in [0.05, 0.1) is 18.4 Å². The zero-order chi connectivity index (χ0) is 12.3. The summed E-state index contributed by atoms with van der Waals surface area (Å²) in [5.41, 5.74) is 0.881. The van der Waals surface area contributed by atoms with Crippen LogP contribution in [0.15, 0.2) is 22.8 Å². The minimum absolute atomic E-state index is 0.0354. The summed E-state index contributed by atoms with van der Waals surface area (Å²) in [6, 6.07) is 3.63. The third-order valence-corrected chi connectivity index (χ3v) is 3.42. The molecule has 0 amide bonds. The molecule has 0 aliphatic carbocycles. The molecule has 0 atom stereocenters. The van der Waals surface area contributed by atoms with Gasteiger partial charge in [0.2, 0.25) is 0 Å². The molecule has 1 N–H and O–H groups in total. The van der Waals surface area contributed by atoms with Crippen LogP contribution in [0.25, 0.3) is 10.8 Å². The van der Waals surface area contributed by atoms with Crippen LogP contribution in [0.3, 0.4) is 0 Å². The fourth-order valence-corrected chi connectivity index (χ4v) is 2.66. The molecule has 5 heteroatoms. The Hall–Kier alpha value is -1.62. The van der Waals surface area contributed by atoms with Crippen LogP contribution in [0.1, 0.15) is 23.9 Å². The summed E-state index contributed by atoms with van der Waals surface area (Å²) in [6.07, 6.45) is 3.38. The Morgan fingerprint density at radius 2 is 2.41 bits per heavy atom. The number of hydrogen-bond acceptors (Lipinski definition) is 4. The van der Waals surface area contributed by atoms with E-state index in [1.54, 1.807) is 12.3 Å². The molecule has 0 aromatic carbocycles. The van der Waals surface area contributed by atoms with Gasteiger partial charge in [0, 0.05) is 4.88 Å². The largest absolute Gasteiger partial charge is 0.481 e. The Labute approximate surface area is 103 Å². The van der Waals surface area contributed by atoms with Gasteiger partial charge >= 0.3 is 5.97 Å². The summed E-state index contributed by atoms with van der Waals surface area (Å²) < 4.78 is 5.27. The fourth-order valence-electron chi connectivity index (χ4n) is 1.60. The van der Waals surface area contributed by atoms with E-state index in [-0.39, 0.29) is 6.42 Å². The molecule has 0 aliphatic heterocycles. The quantitative estimate of drug-likeness (QED) is 0.887. The van der Waals surface area contributed by atoms with Crippen molar-refractivity contribution >= 4 is 17.3 Å². The maximum absolute atomic E-state index is 10.8. The molecule has 0 radical (unpaired) electrons. The van der Waals surface area contributed by atoms with Crippen molar-refractivity contribution in [2.45, 2.75) is 26.2 Å². The number of aryl methyl sites for hydroxylation is 1. The second kappa shape index (κ2) is 5.14. The minimum Gasteiger partial charge on any atom is -0.481 e. The van der Waals surface area contributed by atoms with Gasteiger partial charge in [-0.3, -0.25) is 4.79 Å². The summed E-state index contributed by atoms with van der Waals surface area (Å²) >= 11 is 1.40. The second-order valence-electron chi connectivity index (χ2n) is 3.69. The third kappa shape index (κ3) is 2.74. The highest BCUT2D eigenvalue weighted by Gasteiger charge is 2.15. The first-order valence-corrected chi connectivity index (χ1v) is 6.26. The number of furan rings is 1. The van der Waals surface area contributed by atoms with Crippen LogP contribution < -0.4 is 0 Å². The smallest absolute Gasteiger partial charge is 0.308 e. The zero-order valence-electron chi connectivity index (χ0n) is 9.47. The van der Waals surface area contributed by atoms with Gasteiger partial charge in [-0.15, -0.1) is 11.3 Å². The van der Waals surface area contributed by atoms with E-state index >= 15 is 0 Å². The Morgan fingerprint density at radius 3 is 3.00 bits per heavy atom. The number of nitrogens with zero attached hydrogens (tertiary/aromatic N) is 1. The maximum atomic E-state index is 10.8. The number of carbonyl (C=O) groups is 1. The van der Waals surface area contributed by atoms with Gasteiger partial charge in [-0.2, -0.15) is 0 Å². The SMILES string of the molecule is CCCc1nc(-c2ccco2)sc1CC(=O)O. The number of aromatic nitrogens is 1. The van der Waals surface area contributed by atoms with E-state index in [0.717, 1.165) is 28.4 Å². The molecule has 0 spiro atoms. The molecular formula is C12H13NO3S. The predicted octanol–water partition coefficient (Wildman–Crippen LogP) is 2.98. The fraction of sp³-hybridized carbons (Fsp3) is 0.333. The van der Waals surface area contributed by atoms with Crippen LogP contribution in [0.4, 0.5) is 0 Å². The first-order chi connectivity index (χ1) is 8.20. The van der Waals surface area contributed by atoms with Crippen molar-refractivity contribution in [1.29, 1.82) is 0 Å². The molecule has 0 bridgehead atoms. The number of carboxylic acid groups (broad SMARTS) is 1. The lowest BCUT2D eigenvalue weighted by molar-refractivity contribution is -0.136. The van der Waals surface area contributed by atoms with Crippen molar-refractivity contribution in [2.75, 3.05) is 0 Å². The Morgan fingerprint density at radius 1 is 1.59 bits per heavy atom. The molecule has 2 aromatic rings. The molecule has 2 heterocycles. The Balaban J connectivity index is 2.33. The highest BCUT2D eigenvalue weighted by Crippen LogP contribution is 2.29. The van der Waals surface area contributed by atoms with Gasteiger partial charge in [-0.25, -0.2) is 4.98 Å². The molecule has 2 aromatic heterocycles. The van der Waals surface area contributed by atoms with Crippen molar-refractivity contribution < 1.29 is 14.3 Å². The van der Waals surface area contributed by atoms with Crippen molar-refractivity contribution in [3.8, 4) is 10.8 Å². The van der Waals surface area contributed by atoms with Crippen molar-refractivity contribution in [2.24, 2.45) is 0 Å². The summed E-state index contributed by atoms with van der Waals surface area (Å²) in [5, 5.41) is 9.61. The minimum atomic E-state index is -0.822. The number of carboxylic acids is 1. The summed E-state index contributed by atoms with van der Waals surface area (Å²) in [4.78, 5) is 16.1. The molecule has 0 saturated heterocycles. The average molecular weight is 251 g/mol. The number of aliphatic carboxylic acids is 1. The second-order valence-corrected chi connectivity index (χ2v) is 4.77. The third-order valence-electron chi connectivity index (χ3n) is 2.31. The standard InChI is InChI=1S/C12H13NO3S/c1-2-4-8-10(7-11(14)15)17-12(13-8)9-5-3-6-16-9/h3,5-6H,2,4,7H2,1H3,(H,14,15). The molecule has 0 unspecified atom stereocenters. The molecule has 2 rings (SSSR count). The highest BCUT2D eigenvalue weighted by molar-refractivity contribution is 7.15. The number of rotatable bonds is 5. The number of hydrogen-bond donors (Lipinski definition) is 1. The van der Waals surface area contributed by atoms with Crippen molar-refractivity contribution in [1.82, 2.24) is 4.98 Å². The maximum Gasteiger partial charge on any atom is 0.308 e. The Kier molecular flexibility index (Phi) is 3.58. The van der Waals surface area contributed by atoms with Crippen LogP contribution in [0.2, 0.25) is 0 Å². The van der Waals surface area contributed by atoms with E-state index in [9.17, 15) is 4.79 Å². The van der Waals surface area contributed by atoms with Crippen LogP contribution in [-0.4, -0.2) is 16.1 Å². The molecule has 0 aliphatic rings. The van der Waals surface area contributed by atoms with Gasteiger partial charge in [-0.05, 0) is 18.6 Å². The van der Waals surface area contributed by atoms with Gasteiger partial charge < -0.3 is 9.52 Å². The van der Waals surface area contributed by atoms with Crippen LogP contribution >= 0.6 is 11.3 Å². The van der Waals surface area contributed by atoms with Gasteiger partial charge in [-0.1, -0.05) is 13.3 Å². The molecular weight excluding hydrogens is 238 g/mol. The van der Waals surface area contributed by atoms with Crippen molar-refractivity contribution in [3.05, 3.63) is 29.0 Å². The topological polar surface area (TPSA) is 63.3 Å². The first kappa shape index (κ1) is 11.9. The monoisotopic (exact) mass is 251 g/mol. The summed E-state index contributed by atoms with van der Waals surface area (Å²) in [5.74, 6) is -0.124. The molecule has 90 valence electrons. The lowest BCUT2D eigenvalue weighted by Crippen LogP contribution is -2.01. The molecule has 0 fully saturated rings. The van der Waals surface area contributed by atoms with Crippen LogP contribution in [-0.2, 0) is 17.6 Å². The van der Waals surface area contributed by atoms with E-state index in [0.29, 0.717) is 5.76 Å². The molecule has 4 nitrogen and oxygen atoms in total. The molecule has 17 heavy (non-hydrogen) atoms. The van der Waals surface area contributed by atoms with E-state index in [1.165, 1.54) is 11.3 Å². The highest BCUT2D eigenvalue weighted by atomic mass is 32.1. The summed E-state index contributed by atoms with van der Waals surface area (Å²) in [6.45, 7) is 2.05. The lowest BCUT2D eigenvalue weighted by Gasteiger charge is -1.95. The average Bonchev–Trinajstić information content (AvgIpc) is 2.87. The zero-order valence-corrected chi connectivity index (χ0v) is 10.3. The van der Waals surface area contributed by atoms with Gasteiger partial charge in [0.1, 0.15) is 0 Å². The lowest BCUT2D eigenvalue weighted by atomic mass is 10.2.